The summed E-state index contributed by atoms with van der Waals surface area (Å²) in [6.45, 7) is 1.84. The van der Waals surface area contributed by atoms with Gasteiger partial charge in [-0.25, -0.2) is 13.2 Å². The Morgan fingerprint density at radius 1 is 1.48 bits per heavy atom. The summed E-state index contributed by atoms with van der Waals surface area (Å²) < 4.78 is 30.7. The lowest BCUT2D eigenvalue weighted by Crippen LogP contribution is -2.40. The molecule has 0 radical (unpaired) electrons. The molecule has 0 amide bonds. The summed E-state index contributed by atoms with van der Waals surface area (Å²) in [5, 5.41) is 0.249. The zero-order valence-corrected chi connectivity index (χ0v) is 14.3. The van der Waals surface area contributed by atoms with Gasteiger partial charge in [0.15, 0.2) is 0 Å². The number of rotatable bonds is 5. The lowest BCUT2D eigenvalue weighted by Gasteiger charge is -2.24. The average molecular weight is 357 g/mol. The first-order chi connectivity index (χ1) is 9.25. The second-order valence-electron chi connectivity index (χ2n) is 4.24. The number of esters is 1. The van der Waals surface area contributed by atoms with Crippen LogP contribution in [0.15, 0.2) is 23.1 Å². The van der Waals surface area contributed by atoms with Gasteiger partial charge in [-0.15, -0.1) is 12.4 Å². The van der Waals surface area contributed by atoms with Gasteiger partial charge in [0, 0.05) is 24.7 Å². The Hall–Kier alpha value is -0.860. The van der Waals surface area contributed by atoms with Crippen molar-refractivity contribution in [1.82, 2.24) is 4.31 Å². The number of carbonyl (C=O) groups excluding carboxylic acids is 1. The molecule has 0 aliphatic heterocycles. The molecule has 0 saturated heterocycles. The molecular weight excluding hydrogens is 339 g/mol. The van der Waals surface area contributed by atoms with Crippen molar-refractivity contribution in [2.75, 3.05) is 20.7 Å². The maximum Gasteiger partial charge on any atom is 0.339 e. The van der Waals surface area contributed by atoms with Crippen molar-refractivity contribution in [3.8, 4) is 0 Å². The molecule has 0 spiro atoms. The maximum atomic E-state index is 12.5. The standard InChI is InChI=1S/C12H17ClN2O4S.ClH/c1-8(7-14)15(2)20(17,18)11-5-4-9(13)6-10(11)12(16)19-3;/h4-6,8H,7,14H2,1-3H3;1H. The van der Waals surface area contributed by atoms with Crippen LogP contribution in [0.3, 0.4) is 0 Å². The van der Waals surface area contributed by atoms with Gasteiger partial charge in [-0.1, -0.05) is 11.6 Å². The van der Waals surface area contributed by atoms with E-state index in [4.69, 9.17) is 17.3 Å². The first kappa shape index (κ1) is 20.1. The van der Waals surface area contributed by atoms with Crippen LogP contribution >= 0.6 is 24.0 Å². The fraction of sp³-hybridized carbons (Fsp3) is 0.417. The molecule has 0 heterocycles. The highest BCUT2D eigenvalue weighted by molar-refractivity contribution is 7.89. The van der Waals surface area contributed by atoms with Crippen LogP contribution in [0.25, 0.3) is 0 Å². The molecule has 120 valence electrons. The molecule has 0 fully saturated rings. The van der Waals surface area contributed by atoms with Gasteiger partial charge in [0.2, 0.25) is 10.0 Å². The fourth-order valence-electron chi connectivity index (χ4n) is 1.54. The number of nitrogens with zero attached hydrogens (tertiary/aromatic N) is 1. The third-order valence-corrected chi connectivity index (χ3v) is 5.23. The molecular formula is C12H18Cl2N2O4S. The van der Waals surface area contributed by atoms with Crippen molar-refractivity contribution in [3.63, 3.8) is 0 Å². The van der Waals surface area contributed by atoms with E-state index < -0.39 is 22.0 Å². The van der Waals surface area contributed by atoms with Gasteiger partial charge in [0.05, 0.1) is 17.6 Å². The van der Waals surface area contributed by atoms with Gasteiger partial charge >= 0.3 is 5.97 Å². The molecule has 1 unspecified atom stereocenters. The van der Waals surface area contributed by atoms with E-state index in [0.29, 0.717) is 0 Å². The second kappa shape index (κ2) is 7.95. The van der Waals surface area contributed by atoms with Gasteiger partial charge in [-0.3, -0.25) is 0 Å². The Balaban J connectivity index is 0.00000400. The first-order valence-corrected chi connectivity index (χ1v) is 7.63. The van der Waals surface area contributed by atoms with Gasteiger partial charge in [0.25, 0.3) is 0 Å². The van der Waals surface area contributed by atoms with E-state index in [9.17, 15) is 13.2 Å². The molecule has 1 rings (SSSR count). The summed E-state index contributed by atoms with van der Waals surface area (Å²) in [6, 6.07) is 3.55. The van der Waals surface area contributed by atoms with Crippen LogP contribution in [-0.4, -0.2) is 45.4 Å². The van der Waals surface area contributed by atoms with Crippen LogP contribution in [0.1, 0.15) is 17.3 Å². The summed E-state index contributed by atoms with van der Waals surface area (Å²) in [6.07, 6.45) is 0. The Morgan fingerprint density at radius 2 is 2.05 bits per heavy atom. The Bertz CT molecular complexity index is 607. The number of halogens is 2. The number of carbonyl (C=O) groups is 1. The van der Waals surface area contributed by atoms with E-state index in [1.54, 1.807) is 6.92 Å². The van der Waals surface area contributed by atoms with E-state index >= 15 is 0 Å². The van der Waals surface area contributed by atoms with E-state index in [-0.39, 0.29) is 34.4 Å². The molecule has 0 aliphatic rings. The highest BCUT2D eigenvalue weighted by atomic mass is 35.5. The Labute approximate surface area is 135 Å². The number of sulfonamides is 1. The molecule has 1 atom stereocenters. The monoisotopic (exact) mass is 356 g/mol. The predicted molar refractivity (Wildman–Crippen MR) is 83.5 cm³/mol. The minimum Gasteiger partial charge on any atom is -0.465 e. The summed E-state index contributed by atoms with van der Waals surface area (Å²) in [5.41, 5.74) is 5.38. The Kier molecular flexibility index (Phi) is 7.63. The van der Waals surface area contributed by atoms with Crippen molar-refractivity contribution in [2.45, 2.75) is 17.9 Å². The van der Waals surface area contributed by atoms with Gasteiger partial charge in [-0.2, -0.15) is 4.31 Å². The third-order valence-electron chi connectivity index (χ3n) is 2.97. The number of nitrogens with two attached hydrogens (primary N) is 1. The molecule has 6 nitrogen and oxygen atoms in total. The molecule has 0 aromatic heterocycles. The molecule has 1 aromatic carbocycles. The topological polar surface area (TPSA) is 89.7 Å². The van der Waals surface area contributed by atoms with Crippen LogP contribution in [-0.2, 0) is 14.8 Å². The number of likely N-dealkylation sites (N-methyl/N-ethyl adjacent to an activating group) is 1. The zero-order valence-electron chi connectivity index (χ0n) is 11.9. The molecule has 0 bridgehead atoms. The maximum absolute atomic E-state index is 12.5. The van der Waals surface area contributed by atoms with Gasteiger partial charge < -0.3 is 10.5 Å². The summed E-state index contributed by atoms with van der Waals surface area (Å²) in [5.74, 6) is -0.764. The van der Waals surface area contributed by atoms with Crippen LogP contribution in [0.5, 0.6) is 0 Å². The third kappa shape index (κ3) is 4.31. The van der Waals surface area contributed by atoms with Crippen LogP contribution in [0.4, 0.5) is 0 Å². The van der Waals surface area contributed by atoms with Crippen LogP contribution in [0.2, 0.25) is 5.02 Å². The van der Waals surface area contributed by atoms with Crippen LogP contribution in [0, 0.1) is 0 Å². The minimum atomic E-state index is -3.86. The normalized spacial score (nSPS) is 12.7. The summed E-state index contributed by atoms with van der Waals surface area (Å²) >= 11 is 5.80. The average Bonchev–Trinajstić information content (AvgIpc) is 2.44. The zero-order chi connectivity index (χ0) is 15.5. The lowest BCUT2D eigenvalue weighted by atomic mass is 10.2. The van der Waals surface area contributed by atoms with Crippen molar-refractivity contribution in [1.29, 1.82) is 0 Å². The SMILES string of the molecule is COC(=O)c1cc(Cl)ccc1S(=O)(=O)N(C)C(C)CN.Cl. The summed E-state index contributed by atoms with van der Waals surface area (Å²) in [7, 11) is -1.28. The van der Waals surface area contributed by atoms with Crippen molar-refractivity contribution in [2.24, 2.45) is 5.73 Å². The van der Waals surface area contributed by atoms with E-state index in [2.05, 4.69) is 4.74 Å². The van der Waals surface area contributed by atoms with Crippen molar-refractivity contribution >= 4 is 40.0 Å². The number of methoxy groups -OCH3 is 1. The van der Waals surface area contributed by atoms with Gasteiger partial charge in [0.1, 0.15) is 0 Å². The minimum absolute atomic E-state index is 0. The number of hydrogen-bond donors (Lipinski definition) is 1. The fourth-order valence-corrected chi connectivity index (χ4v) is 3.24. The highest BCUT2D eigenvalue weighted by Crippen LogP contribution is 2.24. The van der Waals surface area contributed by atoms with Gasteiger partial charge in [-0.05, 0) is 25.1 Å². The van der Waals surface area contributed by atoms with Crippen molar-refractivity contribution in [3.05, 3.63) is 28.8 Å². The molecule has 9 heteroatoms. The molecule has 0 aliphatic carbocycles. The quantitative estimate of drug-likeness (QED) is 0.807. The lowest BCUT2D eigenvalue weighted by molar-refractivity contribution is 0.0596. The summed E-state index contributed by atoms with van der Waals surface area (Å²) in [4.78, 5) is 11.6. The molecule has 1 aromatic rings. The highest BCUT2D eigenvalue weighted by Gasteiger charge is 2.29. The second-order valence-corrected chi connectivity index (χ2v) is 6.64. The van der Waals surface area contributed by atoms with Crippen molar-refractivity contribution < 1.29 is 17.9 Å². The van der Waals surface area contributed by atoms with Crippen LogP contribution < -0.4 is 5.73 Å². The Morgan fingerprint density at radius 3 is 2.52 bits per heavy atom. The molecule has 2 N–H and O–H groups in total. The number of ether oxygens (including phenoxy) is 1. The van der Waals surface area contributed by atoms with E-state index in [1.807, 2.05) is 0 Å². The molecule has 0 saturated carbocycles. The smallest absolute Gasteiger partial charge is 0.339 e. The largest absolute Gasteiger partial charge is 0.465 e. The first-order valence-electron chi connectivity index (χ1n) is 5.81. The number of benzene rings is 1. The molecule has 21 heavy (non-hydrogen) atoms. The van der Waals surface area contributed by atoms with E-state index in [0.717, 1.165) is 4.31 Å². The predicted octanol–water partition coefficient (Wildman–Crippen LogP) is 1.52. The number of hydrogen-bond acceptors (Lipinski definition) is 5. The van der Waals surface area contributed by atoms with E-state index in [1.165, 1.54) is 32.4 Å².